The number of morpholine rings is 1. The minimum atomic E-state index is -0.860. The molecule has 8 nitrogen and oxygen atoms in total. The smallest absolute Gasteiger partial charge is 0.295 e. The maximum atomic E-state index is 14.3. The van der Waals surface area contributed by atoms with Gasteiger partial charge >= 0.3 is 0 Å². The van der Waals surface area contributed by atoms with Gasteiger partial charge in [-0.1, -0.05) is 6.07 Å². The lowest BCUT2D eigenvalue weighted by Gasteiger charge is -2.28. The van der Waals surface area contributed by atoms with Crippen molar-refractivity contribution in [2.45, 2.75) is 12.5 Å². The average Bonchev–Trinajstić information content (AvgIpc) is 3.10. The van der Waals surface area contributed by atoms with Gasteiger partial charge in [0.15, 0.2) is 11.6 Å². The van der Waals surface area contributed by atoms with Crippen LogP contribution in [0.2, 0.25) is 0 Å². The van der Waals surface area contributed by atoms with Crippen LogP contribution in [-0.4, -0.2) is 78.1 Å². The van der Waals surface area contributed by atoms with Crippen LogP contribution in [0.1, 0.15) is 23.7 Å². The van der Waals surface area contributed by atoms with Crippen LogP contribution in [-0.2, 0) is 14.3 Å². The maximum absolute atomic E-state index is 14.3. The number of halogens is 1. The minimum absolute atomic E-state index is 0.0105. The molecule has 174 valence electrons. The van der Waals surface area contributed by atoms with Gasteiger partial charge in [-0.15, -0.1) is 0 Å². The molecule has 33 heavy (non-hydrogen) atoms. The molecule has 2 aliphatic rings. The molecule has 1 N–H and O–H groups in total. The molecule has 3 heterocycles. The maximum Gasteiger partial charge on any atom is 0.295 e. The van der Waals surface area contributed by atoms with E-state index in [4.69, 9.17) is 9.47 Å². The Morgan fingerprint density at radius 2 is 2.00 bits per heavy atom. The predicted molar refractivity (Wildman–Crippen MR) is 118 cm³/mol. The molecule has 0 radical (unpaired) electrons. The highest BCUT2D eigenvalue weighted by Crippen LogP contribution is 2.39. The summed E-state index contributed by atoms with van der Waals surface area (Å²) in [4.78, 5) is 34.0. The summed E-state index contributed by atoms with van der Waals surface area (Å²) in [5, 5.41) is 11.0. The van der Waals surface area contributed by atoms with Gasteiger partial charge in [-0.3, -0.25) is 19.5 Å². The highest BCUT2D eigenvalue weighted by atomic mass is 19.1. The molecule has 2 aromatic rings. The molecule has 2 fully saturated rings. The summed E-state index contributed by atoms with van der Waals surface area (Å²) in [5.74, 6) is -2.64. The summed E-state index contributed by atoms with van der Waals surface area (Å²) in [6.45, 7) is 4.08. The summed E-state index contributed by atoms with van der Waals surface area (Å²) in [6, 6.07) is 8.21. The first kappa shape index (κ1) is 22.9. The largest absolute Gasteiger partial charge is 0.507 e. The lowest BCUT2D eigenvalue weighted by atomic mass is 9.98. The Hall–Kier alpha value is -3.30. The van der Waals surface area contributed by atoms with E-state index in [9.17, 15) is 19.1 Å². The Bertz CT molecular complexity index is 1050. The van der Waals surface area contributed by atoms with E-state index in [0.717, 1.165) is 25.7 Å². The topological polar surface area (TPSA) is 92.2 Å². The first-order valence-electron chi connectivity index (χ1n) is 10.8. The van der Waals surface area contributed by atoms with Crippen molar-refractivity contribution in [3.8, 4) is 5.75 Å². The quantitative estimate of drug-likeness (QED) is 0.389. The van der Waals surface area contributed by atoms with Crippen molar-refractivity contribution < 1.29 is 28.6 Å². The molecule has 1 unspecified atom stereocenters. The number of benzene rings is 1. The average molecular weight is 455 g/mol. The number of ketones is 1. The molecule has 1 aromatic carbocycles. The first-order chi connectivity index (χ1) is 16.0. The van der Waals surface area contributed by atoms with Gasteiger partial charge in [0.05, 0.1) is 31.6 Å². The van der Waals surface area contributed by atoms with E-state index >= 15 is 0 Å². The minimum Gasteiger partial charge on any atom is -0.507 e. The van der Waals surface area contributed by atoms with Crippen LogP contribution < -0.4 is 4.74 Å². The number of aliphatic hydroxyl groups is 1. The van der Waals surface area contributed by atoms with E-state index in [1.807, 2.05) is 0 Å². The molecule has 1 aromatic heterocycles. The zero-order valence-corrected chi connectivity index (χ0v) is 18.4. The fraction of sp³-hybridized carbons (Fsp3) is 0.375. The van der Waals surface area contributed by atoms with Crippen molar-refractivity contribution in [1.29, 1.82) is 0 Å². The molecular weight excluding hydrogens is 429 g/mol. The molecule has 0 aliphatic carbocycles. The number of amides is 1. The van der Waals surface area contributed by atoms with Crippen molar-refractivity contribution in [3.63, 3.8) is 0 Å². The van der Waals surface area contributed by atoms with Gasteiger partial charge in [-0.2, -0.15) is 0 Å². The number of carbonyl (C=O) groups excluding carboxylic acids is 2. The Morgan fingerprint density at radius 1 is 1.21 bits per heavy atom. The van der Waals surface area contributed by atoms with Crippen LogP contribution in [0.25, 0.3) is 5.76 Å². The zero-order valence-electron chi connectivity index (χ0n) is 18.4. The number of rotatable bonds is 7. The molecule has 1 amide bonds. The fourth-order valence-electron chi connectivity index (χ4n) is 4.21. The molecule has 0 bridgehead atoms. The van der Waals surface area contributed by atoms with Crippen molar-refractivity contribution in [1.82, 2.24) is 14.8 Å². The third-order valence-corrected chi connectivity index (χ3v) is 5.91. The van der Waals surface area contributed by atoms with E-state index in [1.165, 1.54) is 24.1 Å². The van der Waals surface area contributed by atoms with Crippen LogP contribution in [0, 0.1) is 5.82 Å². The van der Waals surface area contributed by atoms with Crippen molar-refractivity contribution >= 4 is 17.4 Å². The number of carbonyl (C=O) groups is 2. The van der Waals surface area contributed by atoms with Crippen LogP contribution in [0.3, 0.4) is 0 Å². The van der Waals surface area contributed by atoms with Gasteiger partial charge in [0, 0.05) is 37.9 Å². The fourth-order valence-corrected chi connectivity index (χ4v) is 4.21. The number of ether oxygens (including phenoxy) is 2. The number of hydrogen-bond donors (Lipinski definition) is 1. The van der Waals surface area contributed by atoms with Crippen LogP contribution in [0.4, 0.5) is 4.39 Å². The molecule has 2 aliphatic heterocycles. The third kappa shape index (κ3) is 4.74. The number of pyridine rings is 1. The molecule has 9 heteroatoms. The van der Waals surface area contributed by atoms with Gasteiger partial charge in [-0.05, 0) is 36.8 Å². The molecule has 0 saturated carbocycles. The normalized spacial score (nSPS) is 20.9. The van der Waals surface area contributed by atoms with E-state index in [-0.39, 0.29) is 16.9 Å². The van der Waals surface area contributed by atoms with Crippen LogP contribution >= 0.6 is 0 Å². The van der Waals surface area contributed by atoms with E-state index < -0.39 is 29.3 Å². The van der Waals surface area contributed by atoms with Gasteiger partial charge in [0.25, 0.3) is 11.7 Å². The van der Waals surface area contributed by atoms with Crippen molar-refractivity contribution in [2.24, 2.45) is 0 Å². The lowest BCUT2D eigenvalue weighted by molar-refractivity contribution is -0.140. The Kier molecular flexibility index (Phi) is 7.00. The summed E-state index contributed by atoms with van der Waals surface area (Å²) < 4.78 is 24.5. The summed E-state index contributed by atoms with van der Waals surface area (Å²) in [7, 11) is 1.33. The van der Waals surface area contributed by atoms with Gasteiger partial charge in [0.2, 0.25) is 0 Å². The Balaban J connectivity index is 1.66. The number of aromatic nitrogens is 1. The van der Waals surface area contributed by atoms with Gasteiger partial charge in [-0.25, -0.2) is 4.39 Å². The van der Waals surface area contributed by atoms with E-state index in [0.29, 0.717) is 31.9 Å². The SMILES string of the molecule is COc1ccc(C(O)=C2C(=O)C(=O)N(CCCN3CCOCC3)C2c2ccccn2)cc1F. The van der Waals surface area contributed by atoms with Gasteiger partial charge in [0.1, 0.15) is 11.8 Å². The van der Waals surface area contributed by atoms with E-state index in [2.05, 4.69) is 9.88 Å². The second-order valence-electron chi connectivity index (χ2n) is 7.90. The number of aliphatic hydroxyl groups excluding tert-OH is 1. The summed E-state index contributed by atoms with van der Waals surface area (Å²) >= 11 is 0. The standard InChI is InChI=1S/C24H26FN3O5/c1-32-19-7-6-16(15-17(19)25)22(29)20-21(18-5-2-3-8-26-18)28(24(31)23(20)30)10-4-9-27-11-13-33-14-12-27/h2-3,5-8,15,21,29H,4,9-14H2,1H3. The molecule has 4 rings (SSSR count). The predicted octanol–water partition coefficient (Wildman–Crippen LogP) is 2.37. The molecule has 1 atom stereocenters. The lowest BCUT2D eigenvalue weighted by Crippen LogP contribution is -2.39. The number of nitrogens with zero attached hydrogens (tertiary/aromatic N) is 3. The highest BCUT2D eigenvalue weighted by Gasteiger charge is 2.46. The van der Waals surface area contributed by atoms with Crippen LogP contribution in [0.5, 0.6) is 5.75 Å². The number of hydrogen-bond acceptors (Lipinski definition) is 7. The molecule has 0 spiro atoms. The summed E-state index contributed by atoms with van der Waals surface area (Å²) in [5.41, 5.74) is 0.439. The zero-order chi connectivity index (χ0) is 23.4. The van der Waals surface area contributed by atoms with E-state index in [1.54, 1.807) is 24.4 Å². The number of Topliss-reactive ketones (excluding diaryl/α,β-unsaturated/α-hetero) is 1. The van der Waals surface area contributed by atoms with Crippen molar-refractivity contribution in [3.05, 3.63) is 65.2 Å². The Labute approximate surface area is 191 Å². The summed E-state index contributed by atoms with van der Waals surface area (Å²) in [6.07, 6.45) is 2.21. The number of methoxy groups -OCH3 is 1. The highest BCUT2D eigenvalue weighted by molar-refractivity contribution is 6.46. The molecular formula is C24H26FN3O5. The molecule has 2 saturated heterocycles. The second-order valence-corrected chi connectivity index (χ2v) is 7.90. The van der Waals surface area contributed by atoms with Crippen LogP contribution in [0.15, 0.2) is 48.2 Å². The first-order valence-corrected chi connectivity index (χ1v) is 10.8. The van der Waals surface area contributed by atoms with Gasteiger partial charge < -0.3 is 19.5 Å². The second kappa shape index (κ2) is 10.1. The third-order valence-electron chi connectivity index (χ3n) is 5.91. The Morgan fingerprint density at radius 3 is 2.67 bits per heavy atom. The number of likely N-dealkylation sites (tertiary alicyclic amines) is 1. The van der Waals surface area contributed by atoms with Crippen molar-refractivity contribution in [2.75, 3.05) is 46.5 Å². The monoisotopic (exact) mass is 455 g/mol.